The molecule has 0 aliphatic carbocycles. The SMILES string of the molecule is O=C(O)Nc1ccn2ncc(C(=O)NCCO)c2c1. The summed E-state index contributed by atoms with van der Waals surface area (Å²) >= 11 is 0. The number of rotatable bonds is 4. The number of anilines is 1. The summed E-state index contributed by atoms with van der Waals surface area (Å²) in [6.07, 6.45) is 1.74. The first-order valence-corrected chi connectivity index (χ1v) is 5.48. The van der Waals surface area contributed by atoms with E-state index in [4.69, 9.17) is 10.2 Å². The molecule has 0 aliphatic rings. The predicted molar refractivity (Wildman–Crippen MR) is 66.3 cm³/mol. The molecule has 8 heteroatoms. The highest BCUT2D eigenvalue weighted by Crippen LogP contribution is 2.16. The Hall–Kier alpha value is -2.61. The van der Waals surface area contributed by atoms with Crippen molar-refractivity contribution in [2.24, 2.45) is 0 Å². The van der Waals surface area contributed by atoms with E-state index in [1.807, 2.05) is 0 Å². The summed E-state index contributed by atoms with van der Waals surface area (Å²) in [6, 6.07) is 3.04. The van der Waals surface area contributed by atoms with Crippen molar-refractivity contribution in [3.63, 3.8) is 0 Å². The first-order chi connectivity index (χ1) is 9.11. The van der Waals surface area contributed by atoms with Crippen LogP contribution >= 0.6 is 0 Å². The van der Waals surface area contributed by atoms with Gasteiger partial charge in [-0.05, 0) is 12.1 Å². The molecule has 0 spiro atoms. The van der Waals surface area contributed by atoms with Crippen molar-refractivity contribution in [3.05, 3.63) is 30.1 Å². The molecule has 0 aromatic carbocycles. The molecule has 0 fully saturated rings. The minimum Gasteiger partial charge on any atom is -0.465 e. The van der Waals surface area contributed by atoms with Crippen molar-refractivity contribution in [1.82, 2.24) is 14.9 Å². The Kier molecular flexibility index (Phi) is 3.62. The Labute approximate surface area is 107 Å². The van der Waals surface area contributed by atoms with Crippen molar-refractivity contribution in [2.45, 2.75) is 0 Å². The standard InChI is InChI=1S/C11H12N4O4/c16-4-2-12-10(17)8-6-13-15-3-1-7(5-9(8)15)14-11(18)19/h1,3,5-6,14,16H,2,4H2,(H,12,17)(H,18,19). The van der Waals surface area contributed by atoms with Gasteiger partial charge in [0.15, 0.2) is 0 Å². The van der Waals surface area contributed by atoms with E-state index in [0.29, 0.717) is 16.8 Å². The van der Waals surface area contributed by atoms with Crippen molar-refractivity contribution in [2.75, 3.05) is 18.5 Å². The third kappa shape index (κ3) is 2.80. The van der Waals surface area contributed by atoms with Gasteiger partial charge in [0.2, 0.25) is 0 Å². The number of carboxylic acid groups (broad SMARTS) is 1. The summed E-state index contributed by atoms with van der Waals surface area (Å²) < 4.78 is 1.46. The number of fused-ring (bicyclic) bond motifs is 1. The molecule has 0 unspecified atom stereocenters. The Morgan fingerprint density at radius 2 is 2.21 bits per heavy atom. The summed E-state index contributed by atoms with van der Waals surface area (Å²) in [7, 11) is 0. The van der Waals surface area contributed by atoms with Crippen molar-refractivity contribution >= 4 is 23.2 Å². The third-order valence-electron chi connectivity index (χ3n) is 2.41. The fraction of sp³-hybridized carbons (Fsp3) is 0.182. The first kappa shape index (κ1) is 12.8. The van der Waals surface area contributed by atoms with Crippen LogP contribution in [0.15, 0.2) is 24.5 Å². The van der Waals surface area contributed by atoms with Crippen LogP contribution in [0.25, 0.3) is 5.52 Å². The number of hydrogen-bond acceptors (Lipinski definition) is 4. The number of hydrogen-bond donors (Lipinski definition) is 4. The highest BCUT2D eigenvalue weighted by atomic mass is 16.4. The monoisotopic (exact) mass is 264 g/mol. The Morgan fingerprint density at radius 1 is 1.42 bits per heavy atom. The molecule has 2 aromatic rings. The highest BCUT2D eigenvalue weighted by molar-refractivity contribution is 6.01. The van der Waals surface area contributed by atoms with Gasteiger partial charge in [-0.1, -0.05) is 0 Å². The second-order valence-electron chi connectivity index (χ2n) is 3.71. The molecule has 0 atom stereocenters. The third-order valence-corrected chi connectivity index (χ3v) is 2.41. The van der Waals surface area contributed by atoms with Crippen LogP contribution in [-0.2, 0) is 0 Å². The summed E-state index contributed by atoms with van der Waals surface area (Å²) in [6.45, 7) is -0.0139. The normalized spacial score (nSPS) is 10.4. The zero-order valence-corrected chi connectivity index (χ0v) is 9.83. The lowest BCUT2D eigenvalue weighted by molar-refractivity contribution is 0.0946. The molecule has 0 aliphatic heterocycles. The van der Waals surface area contributed by atoms with E-state index >= 15 is 0 Å². The molecular formula is C11H12N4O4. The Balaban J connectivity index is 2.34. The maximum absolute atomic E-state index is 11.8. The average Bonchev–Trinajstić information content (AvgIpc) is 2.78. The van der Waals surface area contributed by atoms with Gasteiger partial charge in [-0.15, -0.1) is 0 Å². The molecule has 8 nitrogen and oxygen atoms in total. The van der Waals surface area contributed by atoms with Crippen LogP contribution < -0.4 is 10.6 Å². The maximum atomic E-state index is 11.8. The number of aromatic nitrogens is 2. The minimum atomic E-state index is -1.19. The quantitative estimate of drug-likeness (QED) is 0.627. The topological polar surface area (TPSA) is 116 Å². The Morgan fingerprint density at radius 3 is 2.89 bits per heavy atom. The lowest BCUT2D eigenvalue weighted by Gasteiger charge is -2.03. The number of nitrogens with one attached hydrogen (secondary N) is 2. The van der Waals surface area contributed by atoms with E-state index in [0.717, 1.165) is 0 Å². The number of nitrogens with zero attached hydrogens (tertiary/aromatic N) is 2. The lowest BCUT2D eigenvalue weighted by atomic mass is 10.2. The Bertz CT molecular complexity index is 622. The van der Waals surface area contributed by atoms with Gasteiger partial charge in [0.05, 0.1) is 23.9 Å². The summed E-state index contributed by atoms with van der Waals surface area (Å²) in [4.78, 5) is 22.4. The van der Waals surface area contributed by atoms with Crippen LogP contribution in [0, 0.1) is 0 Å². The van der Waals surface area contributed by atoms with Crippen molar-refractivity contribution in [3.8, 4) is 0 Å². The second kappa shape index (κ2) is 5.36. The van der Waals surface area contributed by atoms with Crippen LogP contribution in [0.1, 0.15) is 10.4 Å². The fourth-order valence-corrected chi connectivity index (χ4v) is 1.62. The largest absolute Gasteiger partial charge is 0.465 e. The number of pyridine rings is 1. The van der Waals surface area contributed by atoms with Gasteiger partial charge in [-0.2, -0.15) is 5.10 Å². The summed E-state index contributed by atoms with van der Waals surface area (Å²) in [5.74, 6) is -0.378. The van der Waals surface area contributed by atoms with E-state index in [-0.39, 0.29) is 19.1 Å². The van der Waals surface area contributed by atoms with E-state index in [1.165, 1.54) is 22.8 Å². The molecule has 0 saturated heterocycles. The molecule has 2 heterocycles. The molecule has 2 rings (SSSR count). The number of carbonyl (C=O) groups is 2. The lowest BCUT2D eigenvalue weighted by Crippen LogP contribution is -2.26. The second-order valence-corrected chi connectivity index (χ2v) is 3.71. The smallest absolute Gasteiger partial charge is 0.409 e. The molecule has 0 saturated carbocycles. The van der Waals surface area contributed by atoms with E-state index < -0.39 is 6.09 Å². The summed E-state index contributed by atoms with van der Waals surface area (Å²) in [5, 5.41) is 26.0. The molecular weight excluding hydrogens is 252 g/mol. The number of aliphatic hydroxyl groups is 1. The van der Waals surface area contributed by atoms with Gasteiger partial charge < -0.3 is 15.5 Å². The van der Waals surface area contributed by atoms with Crippen LogP contribution in [0.3, 0.4) is 0 Å². The molecule has 19 heavy (non-hydrogen) atoms. The van der Waals surface area contributed by atoms with Gasteiger partial charge >= 0.3 is 6.09 Å². The first-order valence-electron chi connectivity index (χ1n) is 5.48. The molecule has 2 aromatic heterocycles. The van der Waals surface area contributed by atoms with Gasteiger partial charge in [0.25, 0.3) is 5.91 Å². The van der Waals surface area contributed by atoms with Gasteiger partial charge in [0, 0.05) is 18.4 Å². The zero-order chi connectivity index (χ0) is 13.8. The van der Waals surface area contributed by atoms with Gasteiger partial charge in [-0.25, -0.2) is 9.31 Å². The highest BCUT2D eigenvalue weighted by Gasteiger charge is 2.12. The predicted octanol–water partition coefficient (Wildman–Crippen LogP) is 0.146. The fourth-order valence-electron chi connectivity index (χ4n) is 1.62. The number of carbonyl (C=O) groups excluding carboxylic acids is 1. The zero-order valence-electron chi connectivity index (χ0n) is 9.83. The molecule has 100 valence electrons. The maximum Gasteiger partial charge on any atom is 0.409 e. The minimum absolute atomic E-state index is 0.142. The number of aliphatic hydroxyl groups excluding tert-OH is 1. The molecule has 0 radical (unpaired) electrons. The number of amides is 2. The summed E-state index contributed by atoms with van der Waals surface area (Å²) in [5.41, 5.74) is 1.13. The molecule has 4 N–H and O–H groups in total. The van der Waals surface area contributed by atoms with E-state index in [9.17, 15) is 9.59 Å². The van der Waals surface area contributed by atoms with E-state index in [2.05, 4.69) is 15.7 Å². The molecule has 2 amide bonds. The van der Waals surface area contributed by atoms with Crippen LogP contribution in [-0.4, -0.2) is 45.0 Å². The van der Waals surface area contributed by atoms with Crippen LogP contribution in [0.2, 0.25) is 0 Å². The van der Waals surface area contributed by atoms with Gasteiger partial charge in [0.1, 0.15) is 0 Å². The molecule has 0 bridgehead atoms. The van der Waals surface area contributed by atoms with Crippen molar-refractivity contribution < 1.29 is 19.8 Å². The van der Waals surface area contributed by atoms with Crippen LogP contribution in [0.5, 0.6) is 0 Å². The van der Waals surface area contributed by atoms with Gasteiger partial charge in [-0.3, -0.25) is 10.1 Å². The van der Waals surface area contributed by atoms with Crippen molar-refractivity contribution in [1.29, 1.82) is 0 Å². The van der Waals surface area contributed by atoms with E-state index in [1.54, 1.807) is 6.20 Å². The average molecular weight is 264 g/mol. The van der Waals surface area contributed by atoms with Crippen LogP contribution in [0.4, 0.5) is 10.5 Å².